The maximum Gasteiger partial charge on any atom is 0.573 e. The lowest BCUT2D eigenvalue weighted by molar-refractivity contribution is -0.274. The molecule has 1 N–H and O–H groups in total. The van der Waals surface area contributed by atoms with Gasteiger partial charge in [0.15, 0.2) is 11.8 Å². The highest BCUT2D eigenvalue weighted by Gasteiger charge is 2.32. The van der Waals surface area contributed by atoms with Crippen LogP contribution >= 0.6 is 24.0 Å². The molecule has 4 aromatic rings. The van der Waals surface area contributed by atoms with Gasteiger partial charge in [0.1, 0.15) is 11.3 Å². The van der Waals surface area contributed by atoms with Crippen LogP contribution in [0, 0.1) is 0 Å². The van der Waals surface area contributed by atoms with Crippen molar-refractivity contribution in [1.82, 2.24) is 20.2 Å². The minimum atomic E-state index is -4.76. The molecular formula is C19H12F3N7OS2. The fraction of sp³-hybridized carbons (Fsp3) is 0.158. The maximum absolute atomic E-state index is 12.4. The lowest BCUT2D eigenvalue weighted by Crippen LogP contribution is -2.34. The molecule has 2 aromatic heterocycles. The normalized spacial score (nSPS) is 16.4. The van der Waals surface area contributed by atoms with Crippen molar-refractivity contribution in [2.75, 3.05) is 10.7 Å². The average Bonchev–Trinajstić information content (AvgIpc) is 3.31. The topological polar surface area (TPSA) is 91.7 Å². The number of benzene rings is 2. The number of alkyl halides is 3. The van der Waals surface area contributed by atoms with Gasteiger partial charge < -0.3 is 9.72 Å². The molecule has 32 heavy (non-hydrogen) atoms. The van der Waals surface area contributed by atoms with Gasteiger partial charge in [-0.2, -0.15) is 5.11 Å². The number of thioether (sulfide) groups is 1. The number of fused-ring (bicyclic) bond motifs is 3. The fourth-order valence-corrected chi connectivity index (χ4v) is 4.30. The Labute approximate surface area is 187 Å². The van der Waals surface area contributed by atoms with Crippen molar-refractivity contribution in [3.8, 4) is 5.75 Å². The molecule has 0 saturated heterocycles. The number of ether oxygens (including phenoxy) is 1. The number of aromatic amines is 1. The zero-order valence-corrected chi connectivity index (χ0v) is 17.6. The molecule has 5 rings (SSSR count). The number of hydrogen-bond donors (Lipinski definition) is 1. The summed E-state index contributed by atoms with van der Waals surface area (Å²) in [6.07, 6.45) is -5.22. The van der Waals surface area contributed by atoms with E-state index >= 15 is 0 Å². The number of hydrogen-bond acceptors (Lipinski definition) is 7. The minimum absolute atomic E-state index is 0.213. The van der Waals surface area contributed by atoms with Crippen LogP contribution < -0.4 is 9.64 Å². The third-order valence-electron chi connectivity index (χ3n) is 4.59. The Balaban J connectivity index is 1.31. The number of rotatable bonds is 5. The molecule has 0 radical (unpaired) electrons. The van der Waals surface area contributed by atoms with E-state index in [1.165, 1.54) is 36.0 Å². The number of H-pyrrole nitrogens is 1. The summed E-state index contributed by atoms with van der Waals surface area (Å²) in [5, 5.41) is 18.2. The monoisotopic (exact) mass is 475 g/mol. The average molecular weight is 475 g/mol. The van der Waals surface area contributed by atoms with E-state index in [4.69, 9.17) is 12.2 Å². The maximum atomic E-state index is 12.4. The summed E-state index contributed by atoms with van der Waals surface area (Å²) in [7, 11) is 0. The molecule has 162 valence electrons. The van der Waals surface area contributed by atoms with Crippen LogP contribution in [0.3, 0.4) is 0 Å². The third kappa shape index (κ3) is 4.08. The Morgan fingerprint density at radius 2 is 1.88 bits per heavy atom. The first-order valence-corrected chi connectivity index (χ1v) is 10.6. The Morgan fingerprint density at radius 3 is 2.66 bits per heavy atom. The van der Waals surface area contributed by atoms with Gasteiger partial charge >= 0.3 is 6.36 Å². The summed E-state index contributed by atoms with van der Waals surface area (Å²) in [4.78, 5) is 9.39. The van der Waals surface area contributed by atoms with Crippen molar-refractivity contribution in [1.29, 1.82) is 0 Å². The number of aromatic nitrogens is 4. The third-order valence-corrected chi connectivity index (χ3v) is 5.77. The number of nitrogens with zero attached hydrogens (tertiary/aromatic N) is 6. The van der Waals surface area contributed by atoms with Gasteiger partial charge in [-0.25, -0.2) is 4.98 Å². The molecule has 13 heteroatoms. The summed E-state index contributed by atoms with van der Waals surface area (Å²) in [5.41, 5.74) is 2.79. The van der Waals surface area contributed by atoms with Crippen LogP contribution in [0.15, 0.2) is 63.9 Å². The van der Waals surface area contributed by atoms with Gasteiger partial charge in [-0.3, -0.25) is 4.90 Å². The molecule has 1 unspecified atom stereocenters. The van der Waals surface area contributed by atoms with E-state index in [1.54, 1.807) is 4.90 Å². The second-order valence-electron chi connectivity index (χ2n) is 6.66. The summed E-state index contributed by atoms with van der Waals surface area (Å²) in [5.74, 6) is 0.0787. The van der Waals surface area contributed by atoms with Gasteiger partial charge in [0.05, 0.1) is 0 Å². The number of azo groups is 1. The highest BCUT2D eigenvalue weighted by Crippen LogP contribution is 2.31. The van der Waals surface area contributed by atoms with Crippen molar-refractivity contribution >= 4 is 56.8 Å². The minimum Gasteiger partial charge on any atom is -0.406 e. The van der Waals surface area contributed by atoms with E-state index in [0.717, 1.165) is 10.9 Å². The quantitative estimate of drug-likeness (QED) is 0.318. The number of anilines is 1. The Morgan fingerprint density at radius 1 is 1.09 bits per heavy atom. The lowest BCUT2D eigenvalue weighted by atomic mass is 10.2. The van der Waals surface area contributed by atoms with Gasteiger partial charge in [-0.15, -0.1) is 28.5 Å². The molecule has 3 heterocycles. The molecule has 0 amide bonds. The Hall–Kier alpha value is -3.32. The molecule has 0 bridgehead atoms. The smallest absolute Gasteiger partial charge is 0.406 e. The zero-order chi connectivity index (χ0) is 22.3. The SMILES string of the molecule is FC(F)(F)Oc1ccc(N2C(=S)N=NC2CSc2nnc3c(n2)[nH]c2ccccc23)cc1. The number of nitrogens with one attached hydrogen (secondary N) is 1. The van der Waals surface area contributed by atoms with E-state index in [9.17, 15) is 13.2 Å². The van der Waals surface area contributed by atoms with Gasteiger partial charge in [0.2, 0.25) is 10.3 Å². The van der Waals surface area contributed by atoms with Gasteiger partial charge in [0.25, 0.3) is 0 Å². The molecule has 1 atom stereocenters. The van der Waals surface area contributed by atoms with Crippen LogP contribution in [-0.2, 0) is 0 Å². The standard InChI is InChI=1S/C19H12F3N7OS2/c20-19(21,22)30-11-7-5-10(6-8-11)29-14(25-28-18(29)31)9-32-17-24-16-15(26-27-17)12-3-1-2-4-13(12)23-16/h1-8,14H,9H2,(H,23,24,27). The summed E-state index contributed by atoms with van der Waals surface area (Å²) >= 11 is 6.57. The first kappa shape index (κ1) is 20.6. The molecule has 0 spiro atoms. The predicted octanol–water partition coefficient (Wildman–Crippen LogP) is 5.08. The number of para-hydroxylation sites is 1. The lowest BCUT2D eigenvalue weighted by Gasteiger charge is -2.22. The van der Waals surface area contributed by atoms with Crippen LogP contribution in [0.25, 0.3) is 22.1 Å². The van der Waals surface area contributed by atoms with Gasteiger partial charge in [-0.05, 0) is 42.5 Å². The second kappa shape index (κ2) is 7.98. The molecule has 0 fully saturated rings. The predicted molar refractivity (Wildman–Crippen MR) is 117 cm³/mol. The van der Waals surface area contributed by atoms with E-state index in [2.05, 4.69) is 35.1 Å². The van der Waals surface area contributed by atoms with Crippen LogP contribution in [-0.4, -0.2) is 43.6 Å². The molecule has 0 saturated carbocycles. The second-order valence-corrected chi connectivity index (χ2v) is 8.02. The van der Waals surface area contributed by atoms with E-state index < -0.39 is 12.5 Å². The van der Waals surface area contributed by atoms with Crippen LogP contribution in [0.5, 0.6) is 5.75 Å². The van der Waals surface area contributed by atoms with Crippen molar-refractivity contribution < 1.29 is 17.9 Å². The van der Waals surface area contributed by atoms with Crippen LogP contribution in [0.1, 0.15) is 0 Å². The van der Waals surface area contributed by atoms with Gasteiger partial charge in [-0.1, -0.05) is 30.0 Å². The highest BCUT2D eigenvalue weighted by molar-refractivity contribution is 7.99. The van der Waals surface area contributed by atoms with Crippen molar-refractivity contribution in [2.24, 2.45) is 10.2 Å². The zero-order valence-electron chi connectivity index (χ0n) is 15.9. The summed E-state index contributed by atoms with van der Waals surface area (Å²) < 4.78 is 41.0. The summed E-state index contributed by atoms with van der Waals surface area (Å²) in [6, 6.07) is 13.1. The molecule has 1 aliphatic heterocycles. The highest BCUT2D eigenvalue weighted by atomic mass is 32.2. The fourth-order valence-electron chi connectivity index (χ4n) is 3.26. The largest absolute Gasteiger partial charge is 0.573 e. The van der Waals surface area contributed by atoms with E-state index in [-0.39, 0.29) is 10.9 Å². The van der Waals surface area contributed by atoms with E-state index in [0.29, 0.717) is 27.8 Å². The van der Waals surface area contributed by atoms with Crippen LogP contribution in [0.2, 0.25) is 0 Å². The Bertz CT molecular complexity index is 1340. The molecule has 0 aliphatic carbocycles. The number of halogens is 3. The molecule has 2 aromatic carbocycles. The molecule has 8 nitrogen and oxygen atoms in total. The summed E-state index contributed by atoms with van der Waals surface area (Å²) in [6.45, 7) is 0. The van der Waals surface area contributed by atoms with Crippen molar-refractivity contribution in [2.45, 2.75) is 17.7 Å². The molecular weight excluding hydrogens is 463 g/mol. The first-order chi connectivity index (χ1) is 15.4. The van der Waals surface area contributed by atoms with Crippen molar-refractivity contribution in [3.05, 3.63) is 48.5 Å². The van der Waals surface area contributed by atoms with Crippen molar-refractivity contribution in [3.63, 3.8) is 0 Å². The van der Waals surface area contributed by atoms with Gasteiger partial charge in [0, 0.05) is 22.3 Å². The molecule has 1 aliphatic rings. The van der Waals surface area contributed by atoms with E-state index in [1.807, 2.05) is 24.3 Å². The first-order valence-electron chi connectivity index (χ1n) is 9.21. The van der Waals surface area contributed by atoms with Crippen LogP contribution in [0.4, 0.5) is 18.9 Å². The number of thiocarbonyl (C=S) groups is 1. The Kier molecular flexibility index (Phi) is 5.13.